The first-order valence-electron chi connectivity index (χ1n) is 13.4. The van der Waals surface area contributed by atoms with Gasteiger partial charge in [-0.05, 0) is 78.6 Å². The van der Waals surface area contributed by atoms with Gasteiger partial charge in [0, 0.05) is 42.5 Å². The number of likely N-dealkylation sites (tertiary alicyclic amines) is 1. The fourth-order valence-electron chi connectivity index (χ4n) is 4.48. The predicted octanol–water partition coefficient (Wildman–Crippen LogP) is 6.06. The predicted molar refractivity (Wildman–Crippen MR) is 154 cm³/mol. The Balaban J connectivity index is 1.70. The Morgan fingerprint density at radius 2 is 1.97 bits per heavy atom. The lowest BCUT2D eigenvalue weighted by atomic mass is 10.1. The molecule has 1 aromatic heterocycles. The molecule has 10 heteroatoms. The maximum Gasteiger partial charge on any atom is 0.410 e. The van der Waals surface area contributed by atoms with Crippen molar-refractivity contribution in [1.82, 2.24) is 24.7 Å². The Morgan fingerprint density at radius 1 is 1.29 bits per heavy atom. The highest BCUT2D eigenvalue weighted by atomic mass is 35.5. The molecule has 1 aliphatic heterocycles. The Morgan fingerprint density at radius 3 is 2.58 bits per heavy atom. The number of aromatic nitrogens is 3. The summed E-state index contributed by atoms with van der Waals surface area (Å²) in [6, 6.07) is 7.97. The first-order chi connectivity index (χ1) is 18.0. The third-order valence-corrected chi connectivity index (χ3v) is 6.56. The Hall–Kier alpha value is -3.07. The lowest BCUT2D eigenvalue weighted by molar-refractivity contribution is -0.0318. The van der Waals surface area contributed by atoms with E-state index in [2.05, 4.69) is 51.2 Å². The van der Waals surface area contributed by atoms with Crippen molar-refractivity contribution in [1.29, 1.82) is 0 Å². The summed E-state index contributed by atoms with van der Waals surface area (Å²) in [5.41, 5.74) is 0.506. The number of nitrogens with zero attached hydrogens (tertiary/aromatic N) is 6. The number of anilines is 1. The molecule has 2 unspecified atom stereocenters. The van der Waals surface area contributed by atoms with E-state index in [1.807, 2.05) is 63.9 Å². The maximum atomic E-state index is 12.4. The van der Waals surface area contributed by atoms with Crippen molar-refractivity contribution in [3.63, 3.8) is 0 Å². The normalized spacial score (nSPS) is 16.1. The van der Waals surface area contributed by atoms with Gasteiger partial charge >= 0.3 is 6.09 Å². The second-order valence-corrected chi connectivity index (χ2v) is 11.0. The van der Waals surface area contributed by atoms with Crippen LogP contribution >= 0.6 is 11.6 Å². The molecule has 1 aromatic carbocycles. The molecule has 2 atom stereocenters. The van der Waals surface area contributed by atoms with Gasteiger partial charge in [-0.25, -0.2) is 4.79 Å². The van der Waals surface area contributed by atoms with E-state index in [1.165, 1.54) is 0 Å². The minimum atomic E-state index is -0.516. The van der Waals surface area contributed by atoms with Crippen LogP contribution in [0.1, 0.15) is 72.2 Å². The molecule has 1 aliphatic rings. The summed E-state index contributed by atoms with van der Waals surface area (Å²) in [5.74, 6) is 1.74. The van der Waals surface area contributed by atoms with E-state index in [-0.39, 0.29) is 24.3 Å². The molecule has 1 fully saturated rings. The highest BCUT2D eigenvalue weighted by molar-refractivity contribution is 6.30. The zero-order valence-corrected chi connectivity index (χ0v) is 24.4. The maximum absolute atomic E-state index is 12.4. The Kier molecular flexibility index (Phi) is 10.2. The average molecular weight is 544 g/mol. The molecule has 0 aliphatic carbocycles. The van der Waals surface area contributed by atoms with Crippen molar-refractivity contribution >= 4 is 29.6 Å². The van der Waals surface area contributed by atoms with Crippen LogP contribution in [-0.4, -0.2) is 67.8 Å². The van der Waals surface area contributed by atoms with E-state index in [9.17, 15) is 4.79 Å². The fourth-order valence-corrected chi connectivity index (χ4v) is 4.60. The number of nitrogens with one attached hydrogen (secondary N) is 1. The summed E-state index contributed by atoms with van der Waals surface area (Å²) in [6.45, 7) is 14.8. The van der Waals surface area contributed by atoms with Gasteiger partial charge in [-0.1, -0.05) is 30.7 Å². The van der Waals surface area contributed by atoms with E-state index >= 15 is 0 Å². The van der Waals surface area contributed by atoms with Crippen LogP contribution in [-0.2, 0) is 11.2 Å². The number of hydrazone groups is 1. The molecular formula is C28H42ClN7O2. The van der Waals surface area contributed by atoms with Gasteiger partial charge < -0.3 is 15.0 Å². The molecular weight excluding hydrogens is 502 g/mol. The number of allylic oxidation sites excluding steroid dienone is 1. The smallest absolute Gasteiger partial charge is 0.410 e. The summed E-state index contributed by atoms with van der Waals surface area (Å²) in [7, 11) is 0. The number of rotatable bonds is 11. The van der Waals surface area contributed by atoms with E-state index in [0.717, 1.165) is 36.6 Å². The average Bonchev–Trinajstić information content (AvgIpc) is 3.19. The highest BCUT2D eigenvalue weighted by Crippen LogP contribution is 2.27. The number of aryl methyl sites for hydroxylation is 2. The highest BCUT2D eigenvalue weighted by Gasteiger charge is 2.39. The number of amides is 1. The molecule has 1 N–H and O–H groups in total. The van der Waals surface area contributed by atoms with Gasteiger partial charge in [0.05, 0.1) is 6.04 Å². The number of hydrogen-bond donors (Lipinski definition) is 1. The number of ether oxygens (including phenoxy) is 1. The summed E-state index contributed by atoms with van der Waals surface area (Å²) < 4.78 is 7.66. The molecule has 9 nitrogen and oxygen atoms in total. The lowest BCUT2D eigenvalue weighted by Crippen LogP contribution is -2.61. The van der Waals surface area contributed by atoms with Crippen LogP contribution in [0.3, 0.4) is 0 Å². The third kappa shape index (κ3) is 7.96. The molecule has 2 heterocycles. The van der Waals surface area contributed by atoms with E-state index in [0.29, 0.717) is 18.1 Å². The number of carbonyl (C=O) groups excluding carboxylic acids is 1. The number of hydrogen-bond acceptors (Lipinski definition) is 7. The van der Waals surface area contributed by atoms with Crippen molar-refractivity contribution in [3.8, 4) is 0 Å². The molecule has 0 radical (unpaired) electrons. The number of benzene rings is 1. The number of halogens is 1. The minimum absolute atomic E-state index is 0.0789. The molecule has 1 amide bonds. The van der Waals surface area contributed by atoms with Gasteiger partial charge in [-0.3, -0.25) is 9.58 Å². The summed E-state index contributed by atoms with van der Waals surface area (Å²) >= 11 is 6.06. The molecule has 0 spiro atoms. The lowest BCUT2D eigenvalue weighted by Gasteiger charge is -2.46. The van der Waals surface area contributed by atoms with Gasteiger partial charge in [0.1, 0.15) is 23.4 Å². The van der Waals surface area contributed by atoms with Crippen molar-refractivity contribution < 1.29 is 9.53 Å². The topological polar surface area (TPSA) is 87.9 Å². The van der Waals surface area contributed by atoms with Gasteiger partial charge in [0.15, 0.2) is 0 Å². The van der Waals surface area contributed by atoms with E-state index in [4.69, 9.17) is 16.3 Å². The SMILES string of the molecule is C/C=N\N(C1CN(C(=O)OC(C)(C)C)C1)C(C)n1c(C)nnc1CCC(/C=C/CC)Nc1ccc(Cl)cc1. The molecule has 3 rings (SSSR count). The van der Waals surface area contributed by atoms with Crippen molar-refractivity contribution in [2.45, 2.75) is 91.6 Å². The van der Waals surface area contributed by atoms with Crippen LogP contribution in [0.25, 0.3) is 0 Å². The van der Waals surface area contributed by atoms with Crippen LogP contribution in [0, 0.1) is 6.92 Å². The minimum Gasteiger partial charge on any atom is -0.444 e. The third-order valence-electron chi connectivity index (χ3n) is 6.31. The van der Waals surface area contributed by atoms with Crippen LogP contribution in [0.5, 0.6) is 0 Å². The van der Waals surface area contributed by atoms with Gasteiger partial charge in [0.25, 0.3) is 0 Å². The monoisotopic (exact) mass is 543 g/mol. The van der Waals surface area contributed by atoms with Crippen molar-refractivity contribution in [2.75, 3.05) is 18.4 Å². The molecule has 1 saturated heterocycles. The summed E-state index contributed by atoms with van der Waals surface area (Å²) in [5, 5.41) is 19.9. The van der Waals surface area contributed by atoms with Crippen LogP contribution in [0.2, 0.25) is 5.02 Å². The zero-order chi connectivity index (χ0) is 27.9. The summed E-state index contributed by atoms with van der Waals surface area (Å²) in [6.07, 6.45) is 8.32. The van der Waals surface area contributed by atoms with Gasteiger partial charge in [-0.2, -0.15) is 5.10 Å². The molecule has 0 saturated carbocycles. The summed E-state index contributed by atoms with van der Waals surface area (Å²) in [4.78, 5) is 14.2. The molecule has 0 bridgehead atoms. The van der Waals surface area contributed by atoms with E-state index in [1.54, 1.807) is 11.1 Å². The van der Waals surface area contributed by atoms with Gasteiger partial charge in [0.2, 0.25) is 0 Å². The van der Waals surface area contributed by atoms with Crippen LogP contribution in [0.15, 0.2) is 41.5 Å². The van der Waals surface area contributed by atoms with Crippen molar-refractivity contribution in [3.05, 3.63) is 53.1 Å². The molecule has 38 heavy (non-hydrogen) atoms. The quantitative estimate of drug-likeness (QED) is 0.210. The largest absolute Gasteiger partial charge is 0.444 e. The van der Waals surface area contributed by atoms with Gasteiger partial charge in [-0.15, -0.1) is 10.2 Å². The first kappa shape index (κ1) is 29.5. The second-order valence-electron chi connectivity index (χ2n) is 10.6. The van der Waals surface area contributed by atoms with Crippen LogP contribution in [0.4, 0.5) is 10.5 Å². The first-order valence-corrected chi connectivity index (χ1v) is 13.7. The number of carbonyl (C=O) groups is 1. The Labute approximate surface area is 231 Å². The zero-order valence-electron chi connectivity index (χ0n) is 23.7. The Bertz CT molecular complexity index is 1100. The second kappa shape index (κ2) is 13.1. The van der Waals surface area contributed by atoms with Crippen molar-refractivity contribution in [2.24, 2.45) is 5.10 Å². The van der Waals surface area contributed by atoms with E-state index < -0.39 is 5.60 Å². The molecule has 2 aromatic rings. The molecule has 208 valence electrons. The van der Waals surface area contributed by atoms with Crippen LogP contribution < -0.4 is 5.32 Å². The standard InChI is InChI=1S/C28H42ClN7O2/c1-8-10-11-23(31-24-14-12-22(29)13-15-24)16-17-26-33-32-20(3)35(26)21(4)36(30-9-2)25-18-34(19-25)27(37)38-28(5,6)7/h9-15,21,23,25,31H,8,16-19H2,1-7H3/b11-10+,30-9-. The fraction of sp³-hybridized carbons (Fsp3) is 0.571.